The van der Waals surface area contributed by atoms with Crippen molar-refractivity contribution < 1.29 is 24.3 Å². The van der Waals surface area contributed by atoms with Crippen LogP contribution in [0.4, 0.5) is 0 Å². The van der Waals surface area contributed by atoms with Crippen molar-refractivity contribution in [3.05, 3.63) is 37.5 Å². The molecule has 0 aliphatic rings. The number of hydrogen-bond acceptors (Lipinski definition) is 2. The molecule has 0 aromatic rings. The highest BCUT2D eigenvalue weighted by Gasteiger charge is 2.07. The second-order valence-corrected chi connectivity index (χ2v) is 3.89. The molecule has 2 N–H and O–H groups in total. The Morgan fingerprint density at radius 3 is 1.47 bits per heavy atom. The SMILES string of the molecule is C=CC[N+](C)(C)CC=C.O=C(O)/C=C\C(=O)O. The van der Waals surface area contributed by atoms with Crippen molar-refractivity contribution in [2.24, 2.45) is 0 Å². The number of quaternary nitrogens is 1. The first-order chi connectivity index (χ1) is 7.75. The minimum absolute atomic E-state index is 0.558. The van der Waals surface area contributed by atoms with Gasteiger partial charge in [-0.25, -0.2) is 9.59 Å². The number of hydrogen-bond donors (Lipinski definition) is 2. The van der Waals surface area contributed by atoms with E-state index in [2.05, 4.69) is 27.3 Å². The third-order valence-electron chi connectivity index (χ3n) is 1.62. The molecular formula is C12H20NO4+. The van der Waals surface area contributed by atoms with Crippen molar-refractivity contribution in [1.82, 2.24) is 0 Å². The number of nitrogens with zero attached hydrogens (tertiary/aromatic N) is 1. The van der Waals surface area contributed by atoms with Crippen LogP contribution in [0.3, 0.4) is 0 Å². The molecule has 0 heterocycles. The average molecular weight is 242 g/mol. The maximum Gasteiger partial charge on any atom is 0.328 e. The summed E-state index contributed by atoms with van der Waals surface area (Å²) >= 11 is 0. The van der Waals surface area contributed by atoms with Crippen molar-refractivity contribution in [2.45, 2.75) is 0 Å². The second kappa shape index (κ2) is 9.35. The van der Waals surface area contributed by atoms with Gasteiger partial charge in [-0.1, -0.05) is 13.2 Å². The fraction of sp³-hybridized carbons (Fsp3) is 0.333. The predicted molar refractivity (Wildman–Crippen MR) is 66.6 cm³/mol. The van der Waals surface area contributed by atoms with Gasteiger partial charge < -0.3 is 14.7 Å². The van der Waals surface area contributed by atoms with E-state index < -0.39 is 11.9 Å². The summed E-state index contributed by atoms with van der Waals surface area (Å²) in [5.41, 5.74) is 0. The van der Waals surface area contributed by atoms with Gasteiger partial charge in [0.05, 0.1) is 27.2 Å². The molecule has 0 atom stereocenters. The van der Waals surface area contributed by atoms with E-state index in [1.165, 1.54) is 0 Å². The monoisotopic (exact) mass is 242 g/mol. The molecule has 0 fully saturated rings. The van der Waals surface area contributed by atoms with Crippen LogP contribution in [0.5, 0.6) is 0 Å². The maximum absolute atomic E-state index is 9.55. The van der Waals surface area contributed by atoms with Gasteiger partial charge in [-0.2, -0.15) is 0 Å². The number of likely N-dealkylation sites (N-methyl/N-ethyl adjacent to an activating group) is 1. The fourth-order valence-electron chi connectivity index (χ4n) is 0.916. The van der Waals surface area contributed by atoms with Gasteiger partial charge >= 0.3 is 11.9 Å². The smallest absolute Gasteiger partial charge is 0.328 e. The van der Waals surface area contributed by atoms with E-state index in [0.717, 1.165) is 17.6 Å². The van der Waals surface area contributed by atoms with E-state index in [9.17, 15) is 9.59 Å². The summed E-state index contributed by atoms with van der Waals surface area (Å²) in [6, 6.07) is 0. The van der Waals surface area contributed by atoms with Crippen molar-refractivity contribution in [3.63, 3.8) is 0 Å². The number of carbonyl (C=O) groups is 2. The molecule has 0 rings (SSSR count). The number of carboxylic acid groups (broad SMARTS) is 2. The number of rotatable bonds is 6. The summed E-state index contributed by atoms with van der Waals surface area (Å²) in [7, 11) is 4.31. The van der Waals surface area contributed by atoms with Crippen LogP contribution in [0.2, 0.25) is 0 Å². The molecule has 96 valence electrons. The van der Waals surface area contributed by atoms with Crippen LogP contribution in [0, 0.1) is 0 Å². The molecule has 17 heavy (non-hydrogen) atoms. The van der Waals surface area contributed by atoms with E-state index in [0.29, 0.717) is 12.2 Å². The molecule has 0 saturated carbocycles. The molecule has 0 aliphatic carbocycles. The molecule has 0 radical (unpaired) electrons. The third-order valence-corrected chi connectivity index (χ3v) is 1.62. The van der Waals surface area contributed by atoms with Gasteiger partial charge in [0.25, 0.3) is 0 Å². The number of carboxylic acids is 2. The zero-order chi connectivity index (χ0) is 13.9. The zero-order valence-corrected chi connectivity index (χ0v) is 10.3. The van der Waals surface area contributed by atoms with Crippen LogP contribution in [-0.4, -0.2) is 53.8 Å². The molecule has 0 aliphatic heterocycles. The van der Waals surface area contributed by atoms with E-state index in [1.807, 2.05) is 12.2 Å². The van der Waals surface area contributed by atoms with E-state index >= 15 is 0 Å². The lowest BCUT2D eigenvalue weighted by Crippen LogP contribution is -2.39. The Morgan fingerprint density at radius 2 is 1.29 bits per heavy atom. The van der Waals surface area contributed by atoms with Crippen LogP contribution in [0.25, 0.3) is 0 Å². The first kappa shape index (κ1) is 17.5. The summed E-state index contributed by atoms with van der Waals surface area (Å²) in [5, 5.41) is 15.6. The van der Waals surface area contributed by atoms with Crippen LogP contribution < -0.4 is 0 Å². The Morgan fingerprint density at radius 1 is 1.00 bits per heavy atom. The molecule has 5 nitrogen and oxygen atoms in total. The minimum atomic E-state index is -1.26. The molecular weight excluding hydrogens is 222 g/mol. The normalized spacial score (nSPS) is 10.2. The Kier molecular flexibility index (Phi) is 9.64. The van der Waals surface area contributed by atoms with Gasteiger partial charge in [0.1, 0.15) is 0 Å². The molecule has 5 heteroatoms. The minimum Gasteiger partial charge on any atom is -0.478 e. The highest BCUT2D eigenvalue weighted by Crippen LogP contribution is 1.95. The van der Waals surface area contributed by atoms with Gasteiger partial charge in [-0.3, -0.25) is 0 Å². The maximum atomic E-state index is 9.55. The summed E-state index contributed by atoms with van der Waals surface area (Å²) in [5.74, 6) is -2.51. The lowest BCUT2D eigenvalue weighted by Gasteiger charge is -2.26. The van der Waals surface area contributed by atoms with Gasteiger partial charge in [0.15, 0.2) is 0 Å². The predicted octanol–water partition coefficient (Wildman–Crippen LogP) is 1.15. The highest BCUT2D eigenvalue weighted by atomic mass is 16.4. The molecule has 0 aromatic heterocycles. The molecule has 0 bridgehead atoms. The largest absolute Gasteiger partial charge is 0.478 e. The molecule has 0 saturated heterocycles. The second-order valence-electron chi connectivity index (χ2n) is 3.89. The van der Waals surface area contributed by atoms with Crippen molar-refractivity contribution in [2.75, 3.05) is 27.2 Å². The van der Waals surface area contributed by atoms with Crippen molar-refractivity contribution in [3.8, 4) is 0 Å². The Labute approximate surface area is 102 Å². The van der Waals surface area contributed by atoms with Crippen molar-refractivity contribution >= 4 is 11.9 Å². The van der Waals surface area contributed by atoms with Crippen LogP contribution in [0.15, 0.2) is 37.5 Å². The van der Waals surface area contributed by atoms with Gasteiger partial charge in [-0.05, 0) is 12.2 Å². The molecule has 0 unspecified atom stereocenters. The standard InChI is InChI=1S/C8H16N.C4H4O4/c1-5-7-9(3,4)8-6-2;5-3(6)1-2-4(7)8/h5-6H,1-2,7-8H2,3-4H3;1-2H,(H,5,6)(H,7,8)/q+1;/b;2-1-. The van der Waals surface area contributed by atoms with Crippen LogP contribution in [-0.2, 0) is 9.59 Å². The Bertz CT molecular complexity index is 278. The van der Waals surface area contributed by atoms with Gasteiger partial charge in [0.2, 0.25) is 0 Å². The van der Waals surface area contributed by atoms with Crippen LogP contribution >= 0.6 is 0 Å². The Balaban J connectivity index is 0. The summed E-state index contributed by atoms with van der Waals surface area (Å²) < 4.78 is 0.951. The zero-order valence-electron chi connectivity index (χ0n) is 10.3. The summed E-state index contributed by atoms with van der Waals surface area (Å²) in [6.45, 7) is 9.37. The van der Waals surface area contributed by atoms with Gasteiger partial charge in [-0.15, -0.1) is 0 Å². The lowest BCUT2D eigenvalue weighted by atomic mass is 10.4. The Hall–Kier alpha value is -1.88. The van der Waals surface area contributed by atoms with E-state index in [4.69, 9.17) is 10.2 Å². The summed E-state index contributed by atoms with van der Waals surface area (Å²) in [4.78, 5) is 19.1. The summed E-state index contributed by atoms with van der Waals surface area (Å²) in [6.07, 6.45) is 4.98. The topological polar surface area (TPSA) is 74.6 Å². The average Bonchev–Trinajstić information content (AvgIpc) is 2.15. The van der Waals surface area contributed by atoms with E-state index in [-0.39, 0.29) is 0 Å². The van der Waals surface area contributed by atoms with E-state index in [1.54, 1.807) is 0 Å². The van der Waals surface area contributed by atoms with Crippen molar-refractivity contribution in [1.29, 1.82) is 0 Å². The molecule has 0 aromatic carbocycles. The third kappa shape index (κ3) is 16.8. The quantitative estimate of drug-likeness (QED) is 0.416. The van der Waals surface area contributed by atoms with Crippen LogP contribution in [0.1, 0.15) is 0 Å². The highest BCUT2D eigenvalue weighted by molar-refractivity contribution is 5.89. The fourth-order valence-corrected chi connectivity index (χ4v) is 0.916. The molecule has 0 amide bonds. The first-order valence-corrected chi connectivity index (χ1v) is 4.93. The van der Waals surface area contributed by atoms with Gasteiger partial charge in [0, 0.05) is 12.2 Å². The lowest BCUT2D eigenvalue weighted by molar-refractivity contribution is -0.878. The molecule has 0 spiro atoms. The first-order valence-electron chi connectivity index (χ1n) is 4.93. The number of aliphatic carboxylic acids is 2.